The maximum Gasteiger partial charge on any atom is 0.184 e. The summed E-state index contributed by atoms with van der Waals surface area (Å²) in [5.74, 6) is 0. The van der Waals surface area contributed by atoms with Crippen LogP contribution in [0, 0.1) is 0 Å². The third kappa shape index (κ3) is 2.33. The number of benzene rings is 2. The van der Waals surface area contributed by atoms with Crippen molar-refractivity contribution in [3.63, 3.8) is 0 Å². The lowest BCUT2D eigenvalue weighted by Gasteiger charge is -2.19. The van der Waals surface area contributed by atoms with Crippen LogP contribution in [0.4, 0.5) is 0 Å². The van der Waals surface area contributed by atoms with E-state index in [9.17, 15) is 0 Å². The number of ether oxygens (including phenoxy) is 2. The summed E-state index contributed by atoms with van der Waals surface area (Å²) >= 11 is 1.77. The summed E-state index contributed by atoms with van der Waals surface area (Å²) in [6.07, 6.45) is -0.285. The lowest BCUT2D eigenvalue weighted by atomic mass is 10.0. The zero-order valence-electron chi connectivity index (χ0n) is 11.8. The van der Waals surface area contributed by atoms with E-state index >= 15 is 0 Å². The maximum atomic E-state index is 5.78. The Bertz CT molecular complexity index is 711. The zero-order chi connectivity index (χ0) is 13.9. The van der Waals surface area contributed by atoms with Crippen molar-refractivity contribution in [1.82, 2.24) is 0 Å². The van der Waals surface area contributed by atoms with Gasteiger partial charge in [-0.05, 0) is 42.1 Å². The summed E-state index contributed by atoms with van der Waals surface area (Å²) < 4.78 is 12.9. The topological polar surface area (TPSA) is 18.5 Å². The fourth-order valence-electron chi connectivity index (χ4n) is 2.55. The Kier molecular flexibility index (Phi) is 4.01. The highest BCUT2D eigenvalue weighted by Gasteiger charge is 2.17. The van der Waals surface area contributed by atoms with Crippen LogP contribution in [0.25, 0.3) is 20.9 Å². The molecule has 1 aromatic heterocycles. The highest BCUT2D eigenvalue weighted by atomic mass is 32.1. The Morgan fingerprint density at radius 2 is 1.75 bits per heavy atom. The molecule has 0 saturated heterocycles. The van der Waals surface area contributed by atoms with Crippen LogP contribution >= 0.6 is 11.3 Å². The molecule has 0 spiro atoms. The van der Waals surface area contributed by atoms with E-state index in [0.29, 0.717) is 13.2 Å². The molecule has 2 nitrogen and oxygen atoms in total. The van der Waals surface area contributed by atoms with Gasteiger partial charge in [0.2, 0.25) is 0 Å². The lowest BCUT2D eigenvalue weighted by Crippen LogP contribution is -2.09. The third-order valence-corrected chi connectivity index (χ3v) is 4.33. The summed E-state index contributed by atoms with van der Waals surface area (Å²) in [6.45, 7) is 5.28. The molecule has 0 aliphatic carbocycles. The molecule has 3 aromatic rings. The molecule has 1 heterocycles. The van der Waals surface area contributed by atoms with E-state index in [4.69, 9.17) is 9.47 Å². The van der Waals surface area contributed by atoms with Crippen molar-refractivity contribution >= 4 is 32.2 Å². The van der Waals surface area contributed by atoms with E-state index in [0.717, 1.165) is 5.56 Å². The fraction of sp³-hybridized carbons (Fsp3) is 0.294. The molecule has 0 unspecified atom stereocenters. The molecule has 20 heavy (non-hydrogen) atoms. The van der Waals surface area contributed by atoms with Crippen LogP contribution in [0.2, 0.25) is 0 Å². The van der Waals surface area contributed by atoms with Crippen molar-refractivity contribution in [2.75, 3.05) is 13.2 Å². The number of hydrogen-bond donors (Lipinski definition) is 0. The first-order valence-electron chi connectivity index (χ1n) is 6.97. The zero-order valence-corrected chi connectivity index (χ0v) is 12.6. The van der Waals surface area contributed by atoms with Crippen molar-refractivity contribution in [2.24, 2.45) is 0 Å². The SMILES string of the molecule is CCOC(OCC)c1cc2ccccc2c2sccc12. The predicted molar refractivity (Wildman–Crippen MR) is 85.3 cm³/mol. The van der Waals surface area contributed by atoms with Gasteiger partial charge in [0.25, 0.3) is 0 Å². The van der Waals surface area contributed by atoms with Gasteiger partial charge >= 0.3 is 0 Å². The van der Waals surface area contributed by atoms with E-state index in [-0.39, 0.29) is 6.29 Å². The molecule has 0 aliphatic heterocycles. The fourth-order valence-corrected chi connectivity index (χ4v) is 3.51. The van der Waals surface area contributed by atoms with E-state index in [1.807, 2.05) is 13.8 Å². The monoisotopic (exact) mass is 286 g/mol. The Morgan fingerprint density at radius 1 is 1.00 bits per heavy atom. The van der Waals surface area contributed by atoms with Gasteiger partial charge in [0.15, 0.2) is 6.29 Å². The average molecular weight is 286 g/mol. The quantitative estimate of drug-likeness (QED) is 0.606. The molecular formula is C17H18O2S. The first-order chi connectivity index (χ1) is 9.85. The molecule has 0 aliphatic rings. The van der Waals surface area contributed by atoms with Gasteiger partial charge in [-0.15, -0.1) is 11.3 Å². The Labute approximate surface area is 122 Å². The Balaban J connectivity index is 2.23. The highest BCUT2D eigenvalue weighted by Crippen LogP contribution is 2.36. The van der Waals surface area contributed by atoms with Crippen molar-refractivity contribution in [1.29, 1.82) is 0 Å². The van der Waals surface area contributed by atoms with Gasteiger partial charge in [0.1, 0.15) is 0 Å². The number of fused-ring (bicyclic) bond motifs is 3. The normalized spacial score (nSPS) is 11.8. The van der Waals surface area contributed by atoms with Crippen LogP contribution < -0.4 is 0 Å². The van der Waals surface area contributed by atoms with Crippen molar-refractivity contribution in [2.45, 2.75) is 20.1 Å². The molecule has 3 rings (SSSR count). The van der Waals surface area contributed by atoms with Crippen LogP contribution in [-0.4, -0.2) is 13.2 Å². The molecule has 0 atom stereocenters. The summed E-state index contributed by atoms with van der Waals surface area (Å²) in [6, 6.07) is 12.8. The van der Waals surface area contributed by atoms with Crippen LogP contribution in [0.1, 0.15) is 25.7 Å². The number of hydrogen-bond acceptors (Lipinski definition) is 3. The molecule has 3 heteroatoms. The minimum Gasteiger partial charge on any atom is -0.349 e. The Hall–Kier alpha value is -1.42. The molecule has 0 amide bonds. The standard InChI is InChI=1S/C17H18O2S/c1-3-18-17(19-4-2)15-11-12-7-5-6-8-13(12)16-14(15)9-10-20-16/h5-11,17H,3-4H2,1-2H3. The minimum atomic E-state index is -0.285. The van der Waals surface area contributed by atoms with Crippen molar-refractivity contribution < 1.29 is 9.47 Å². The van der Waals surface area contributed by atoms with Gasteiger partial charge in [-0.2, -0.15) is 0 Å². The molecule has 0 fully saturated rings. The highest BCUT2D eigenvalue weighted by molar-refractivity contribution is 7.18. The molecule has 0 radical (unpaired) electrons. The van der Waals surface area contributed by atoms with Gasteiger partial charge in [-0.1, -0.05) is 24.3 Å². The van der Waals surface area contributed by atoms with Gasteiger partial charge in [-0.3, -0.25) is 0 Å². The lowest BCUT2D eigenvalue weighted by molar-refractivity contribution is -0.139. The number of thiophene rings is 1. The van der Waals surface area contributed by atoms with Crippen molar-refractivity contribution in [3.05, 3.63) is 47.3 Å². The minimum absolute atomic E-state index is 0.285. The first-order valence-corrected chi connectivity index (χ1v) is 7.85. The van der Waals surface area contributed by atoms with E-state index in [1.165, 1.54) is 20.9 Å². The molecule has 0 N–H and O–H groups in total. The van der Waals surface area contributed by atoms with E-state index < -0.39 is 0 Å². The largest absolute Gasteiger partial charge is 0.349 e. The van der Waals surface area contributed by atoms with Gasteiger partial charge in [0.05, 0.1) is 0 Å². The summed E-state index contributed by atoms with van der Waals surface area (Å²) in [4.78, 5) is 0. The van der Waals surface area contributed by atoms with Crippen LogP contribution in [0.5, 0.6) is 0 Å². The second-order valence-corrected chi connectivity index (χ2v) is 5.51. The number of rotatable bonds is 5. The van der Waals surface area contributed by atoms with E-state index in [2.05, 4.69) is 41.8 Å². The third-order valence-electron chi connectivity index (χ3n) is 3.38. The van der Waals surface area contributed by atoms with Gasteiger partial charge in [0, 0.05) is 28.9 Å². The Morgan fingerprint density at radius 3 is 2.50 bits per heavy atom. The van der Waals surface area contributed by atoms with Gasteiger partial charge in [-0.25, -0.2) is 0 Å². The molecule has 104 valence electrons. The van der Waals surface area contributed by atoms with Crippen LogP contribution in [0.15, 0.2) is 41.8 Å². The van der Waals surface area contributed by atoms with Crippen LogP contribution in [0.3, 0.4) is 0 Å². The van der Waals surface area contributed by atoms with E-state index in [1.54, 1.807) is 11.3 Å². The molecule has 0 bridgehead atoms. The molecule has 2 aromatic carbocycles. The van der Waals surface area contributed by atoms with Crippen LogP contribution in [-0.2, 0) is 9.47 Å². The average Bonchev–Trinajstić information content (AvgIpc) is 2.96. The molecular weight excluding hydrogens is 268 g/mol. The second-order valence-electron chi connectivity index (χ2n) is 4.59. The summed E-state index contributed by atoms with van der Waals surface area (Å²) in [7, 11) is 0. The summed E-state index contributed by atoms with van der Waals surface area (Å²) in [5.41, 5.74) is 1.13. The van der Waals surface area contributed by atoms with Crippen molar-refractivity contribution in [3.8, 4) is 0 Å². The first kappa shape index (κ1) is 13.6. The predicted octanol–water partition coefficient (Wildman–Crippen LogP) is 5.13. The molecule has 0 saturated carbocycles. The second kappa shape index (κ2) is 5.92. The maximum absolute atomic E-state index is 5.78. The summed E-state index contributed by atoms with van der Waals surface area (Å²) in [5, 5.41) is 5.91. The smallest absolute Gasteiger partial charge is 0.184 e. The van der Waals surface area contributed by atoms with Gasteiger partial charge < -0.3 is 9.47 Å².